The molecule has 1 rings (SSSR count). The molecule has 0 aliphatic heterocycles. The summed E-state index contributed by atoms with van der Waals surface area (Å²) < 4.78 is 1.76. The zero-order chi connectivity index (χ0) is 11.6. The quantitative estimate of drug-likeness (QED) is 0.827. The third-order valence-corrected chi connectivity index (χ3v) is 2.51. The average Bonchev–Trinajstić information content (AvgIpc) is 2.16. The van der Waals surface area contributed by atoms with E-state index in [0.717, 1.165) is 5.69 Å². The number of hydrogen-bond acceptors (Lipinski definition) is 2. The van der Waals surface area contributed by atoms with Crippen molar-refractivity contribution >= 4 is 0 Å². The highest BCUT2D eigenvalue weighted by Crippen LogP contribution is 2.16. The molecule has 1 aromatic rings. The van der Waals surface area contributed by atoms with E-state index in [0.29, 0.717) is 11.5 Å². The van der Waals surface area contributed by atoms with Gasteiger partial charge in [0.2, 0.25) is 0 Å². The summed E-state index contributed by atoms with van der Waals surface area (Å²) in [6.07, 6.45) is 0. The number of nitrogens with zero attached hydrogens (tertiary/aromatic N) is 1. The Bertz CT molecular complexity index is 391. The maximum Gasteiger partial charge on any atom is 0.256 e. The molecule has 0 saturated carbocycles. The van der Waals surface area contributed by atoms with Gasteiger partial charge in [-0.05, 0) is 31.9 Å². The smallest absolute Gasteiger partial charge is 0.256 e. The van der Waals surface area contributed by atoms with Crippen LogP contribution in [0.1, 0.15) is 50.9 Å². The van der Waals surface area contributed by atoms with E-state index >= 15 is 0 Å². The largest absolute Gasteiger partial charge is 0.391 e. The number of hydrogen-bond donors (Lipinski definition) is 1. The lowest BCUT2D eigenvalue weighted by Crippen LogP contribution is -2.28. The molecule has 0 unspecified atom stereocenters. The first-order valence-corrected chi connectivity index (χ1v) is 5.34. The van der Waals surface area contributed by atoms with Crippen molar-refractivity contribution < 1.29 is 5.11 Å². The molecule has 84 valence electrons. The summed E-state index contributed by atoms with van der Waals surface area (Å²) in [5, 5.41) is 9.04. The molecule has 0 aromatic carbocycles. The molecule has 1 N–H and O–H groups in total. The van der Waals surface area contributed by atoms with E-state index in [4.69, 9.17) is 5.11 Å². The summed E-state index contributed by atoms with van der Waals surface area (Å²) in [4.78, 5) is 12.0. The monoisotopic (exact) mass is 209 g/mol. The van der Waals surface area contributed by atoms with E-state index in [1.807, 2.05) is 19.9 Å². The lowest BCUT2D eigenvalue weighted by atomic mass is 10.1. The van der Waals surface area contributed by atoms with Gasteiger partial charge in [0.15, 0.2) is 0 Å². The minimum Gasteiger partial charge on any atom is -0.391 e. The van der Waals surface area contributed by atoms with E-state index in [1.165, 1.54) is 0 Å². The van der Waals surface area contributed by atoms with Gasteiger partial charge < -0.3 is 9.67 Å². The van der Waals surface area contributed by atoms with Crippen molar-refractivity contribution in [3.05, 3.63) is 33.7 Å². The molecular formula is C12H19NO2. The molecule has 1 aromatic heterocycles. The minimum atomic E-state index is -0.191. The SMILES string of the molecule is CC(C)c1ccc(CO)c(=O)n1C(C)C. The molecule has 0 atom stereocenters. The van der Waals surface area contributed by atoms with Crippen LogP contribution in [0.15, 0.2) is 16.9 Å². The third kappa shape index (κ3) is 2.29. The minimum absolute atomic E-state index is 0.0706. The van der Waals surface area contributed by atoms with Crippen LogP contribution < -0.4 is 5.56 Å². The highest BCUT2D eigenvalue weighted by molar-refractivity contribution is 5.18. The maximum atomic E-state index is 12.0. The molecule has 1 heterocycles. The lowest BCUT2D eigenvalue weighted by Gasteiger charge is -2.19. The summed E-state index contributed by atoms with van der Waals surface area (Å²) in [5.41, 5.74) is 1.42. The van der Waals surface area contributed by atoms with Gasteiger partial charge in [0.1, 0.15) is 0 Å². The molecule has 0 radical (unpaired) electrons. The van der Waals surface area contributed by atoms with Crippen molar-refractivity contribution in [1.29, 1.82) is 0 Å². The van der Waals surface area contributed by atoms with Crippen LogP contribution in [0.2, 0.25) is 0 Å². The fraction of sp³-hybridized carbons (Fsp3) is 0.583. The fourth-order valence-electron chi connectivity index (χ4n) is 1.73. The predicted molar refractivity (Wildman–Crippen MR) is 61.1 cm³/mol. The summed E-state index contributed by atoms with van der Waals surface area (Å²) in [6.45, 7) is 7.89. The van der Waals surface area contributed by atoms with E-state index in [9.17, 15) is 4.79 Å². The van der Waals surface area contributed by atoms with Gasteiger partial charge in [-0.25, -0.2) is 0 Å². The van der Waals surface area contributed by atoms with E-state index < -0.39 is 0 Å². The molecule has 0 fully saturated rings. The molecule has 3 nitrogen and oxygen atoms in total. The van der Waals surface area contributed by atoms with E-state index in [1.54, 1.807) is 10.6 Å². The second kappa shape index (κ2) is 4.62. The number of aliphatic hydroxyl groups excluding tert-OH is 1. The normalized spacial score (nSPS) is 11.4. The second-order valence-corrected chi connectivity index (χ2v) is 4.37. The van der Waals surface area contributed by atoms with Gasteiger partial charge in [0.05, 0.1) is 6.61 Å². The highest BCUT2D eigenvalue weighted by Gasteiger charge is 2.12. The predicted octanol–water partition coefficient (Wildman–Crippen LogP) is 2.04. The summed E-state index contributed by atoms with van der Waals surface area (Å²) in [5.74, 6) is 0.313. The van der Waals surface area contributed by atoms with Crippen LogP contribution in [-0.2, 0) is 6.61 Å². The van der Waals surface area contributed by atoms with Crippen LogP contribution in [-0.4, -0.2) is 9.67 Å². The van der Waals surface area contributed by atoms with Crippen molar-refractivity contribution in [1.82, 2.24) is 4.57 Å². The van der Waals surface area contributed by atoms with Crippen molar-refractivity contribution in [2.24, 2.45) is 0 Å². The standard InChI is InChI=1S/C12H19NO2/c1-8(2)11-6-5-10(7-14)12(15)13(11)9(3)4/h5-6,8-9,14H,7H2,1-4H3. The maximum absolute atomic E-state index is 12.0. The van der Waals surface area contributed by atoms with Gasteiger partial charge >= 0.3 is 0 Å². The third-order valence-electron chi connectivity index (χ3n) is 2.51. The topological polar surface area (TPSA) is 42.2 Å². The van der Waals surface area contributed by atoms with Crippen LogP contribution in [0.5, 0.6) is 0 Å². The van der Waals surface area contributed by atoms with E-state index in [-0.39, 0.29) is 18.2 Å². The van der Waals surface area contributed by atoms with Gasteiger partial charge in [-0.15, -0.1) is 0 Å². The molecule has 0 saturated heterocycles. The Morgan fingerprint density at radius 2 is 1.87 bits per heavy atom. The van der Waals surface area contributed by atoms with Gasteiger partial charge in [-0.2, -0.15) is 0 Å². The Labute approximate surface area is 90.4 Å². The Morgan fingerprint density at radius 1 is 1.27 bits per heavy atom. The van der Waals surface area contributed by atoms with Gasteiger partial charge in [-0.1, -0.05) is 13.8 Å². The van der Waals surface area contributed by atoms with Crippen LogP contribution in [0, 0.1) is 0 Å². The Morgan fingerprint density at radius 3 is 2.27 bits per heavy atom. The lowest BCUT2D eigenvalue weighted by molar-refractivity contribution is 0.278. The average molecular weight is 209 g/mol. The van der Waals surface area contributed by atoms with Crippen LogP contribution in [0.4, 0.5) is 0 Å². The summed E-state index contributed by atoms with van der Waals surface area (Å²) in [7, 11) is 0. The Kier molecular flexibility index (Phi) is 3.69. The first kappa shape index (κ1) is 12.0. The first-order valence-electron chi connectivity index (χ1n) is 5.34. The van der Waals surface area contributed by atoms with Gasteiger partial charge in [0.25, 0.3) is 5.56 Å². The van der Waals surface area contributed by atoms with Crippen molar-refractivity contribution in [3.63, 3.8) is 0 Å². The zero-order valence-corrected chi connectivity index (χ0v) is 9.82. The molecule has 0 amide bonds. The molecule has 3 heteroatoms. The van der Waals surface area contributed by atoms with Gasteiger partial charge in [0, 0.05) is 17.3 Å². The number of rotatable bonds is 3. The molecule has 0 spiro atoms. The zero-order valence-electron chi connectivity index (χ0n) is 9.82. The summed E-state index contributed by atoms with van der Waals surface area (Å²) >= 11 is 0. The molecule has 0 bridgehead atoms. The van der Waals surface area contributed by atoms with Gasteiger partial charge in [-0.3, -0.25) is 4.79 Å². The second-order valence-electron chi connectivity index (χ2n) is 4.37. The highest BCUT2D eigenvalue weighted by atomic mass is 16.3. The van der Waals surface area contributed by atoms with Crippen LogP contribution in [0.3, 0.4) is 0 Å². The van der Waals surface area contributed by atoms with Crippen molar-refractivity contribution in [3.8, 4) is 0 Å². The Balaban J connectivity index is 3.45. The first-order chi connectivity index (χ1) is 6.99. The molecule has 0 aliphatic carbocycles. The van der Waals surface area contributed by atoms with Crippen LogP contribution >= 0.6 is 0 Å². The molecule has 0 aliphatic rings. The summed E-state index contributed by atoms with van der Waals surface area (Å²) in [6, 6.07) is 3.77. The number of pyridine rings is 1. The van der Waals surface area contributed by atoms with E-state index in [2.05, 4.69) is 13.8 Å². The van der Waals surface area contributed by atoms with Crippen molar-refractivity contribution in [2.45, 2.75) is 46.3 Å². The fourth-order valence-corrected chi connectivity index (χ4v) is 1.73. The Hall–Kier alpha value is -1.09. The molecule has 15 heavy (non-hydrogen) atoms. The number of aliphatic hydroxyl groups is 1. The number of aromatic nitrogens is 1. The van der Waals surface area contributed by atoms with Crippen molar-refractivity contribution in [2.75, 3.05) is 0 Å². The molecular weight excluding hydrogens is 190 g/mol. The van der Waals surface area contributed by atoms with Crippen LogP contribution in [0.25, 0.3) is 0 Å².